The molecule has 0 radical (unpaired) electrons. The first-order valence-corrected chi connectivity index (χ1v) is 12.5. The van der Waals surface area contributed by atoms with E-state index in [1.165, 1.54) is 10.9 Å². The Morgan fingerprint density at radius 3 is 2.60 bits per heavy atom. The normalized spacial score (nSPS) is 28.2. The topological polar surface area (TPSA) is 258 Å². The number of hydrogen-bond donors (Lipinski definition) is 7. The van der Waals surface area contributed by atoms with Crippen LogP contribution in [0.25, 0.3) is 0 Å². The van der Waals surface area contributed by atoms with Gasteiger partial charge in [0.1, 0.15) is 36.3 Å². The van der Waals surface area contributed by atoms with Crippen LogP contribution in [0, 0.1) is 0 Å². The summed E-state index contributed by atoms with van der Waals surface area (Å²) in [6, 6.07) is 0. The number of aliphatic imine (C=N–C) groups is 1. The third-order valence-corrected chi connectivity index (χ3v) is 7.67. The zero-order chi connectivity index (χ0) is 22.3. The molecule has 17 nitrogen and oxygen atoms in total. The van der Waals surface area contributed by atoms with Gasteiger partial charge in [-0.1, -0.05) is 0 Å². The van der Waals surface area contributed by atoms with Crippen molar-refractivity contribution in [2.45, 2.75) is 24.9 Å². The number of phosphoric acid groups is 3. The highest BCUT2D eigenvalue weighted by Gasteiger charge is 2.43. The van der Waals surface area contributed by atoms with Crippen molar-refractivity contribution in [1.29, 1.82) is 0 Å². The van der Waals surface area contributed by atoms with Gasteiger partial charge >= 0.3 is 23.5 Å². The van der Waals surface area contributed by atoms with E-state index in [2.05, 4.69) is 28.4 Å². The van der Waals surface area contributed by atoms with Crippen LogP contribution in [-0.4, -0.2) is 65.6 Å². The predicted molar refractivity (Wildman–Crippen MR) is 95.8 cm³/mol. The van der Waals surface area contributed by atoms with E-state index in [4.69, 9.17) is 25.2 Å². The van der Waals surface area contributed by atoms with Gasteiger partial charge in [0.05, 0.1) is 19.0 Å². The van der Waals surface area contributed by atoms with Crippen LogP contribution in [0.3, 0.4) is 0 Å². The van der Waals surface area contributed by atoms with Crippen LogP contribution in [-0.2, 0) is 31.6 Å². The van der Waals surface area contributed by atoms with Crippen LogP contribution in [0.15, 0.2) is 11.3 Å². The lowest BCUT2D eigenvalue weighted by Crippen LogP contribution is -2.26. The Labute approximate surface area is 167 Å². The average Bonchev–Trinajstić information content (AvgIpc) is 3.14. The van der Waals surface area contributed by atoms with Gasteiger partial charge in [-0.15, -0.1) is 0 Å². The summed E-state index contributed by atoms with van der Waals surface area (Å²) in [5.74, 6) is 0.707. The van der Waals surface area contributed by atoms with Crippen LogP contribution < -0.4 is 11.1 Å². The first-order valence-electron chi connectivity index (χ1n) is 7.99. The molecule has 1 aromatic heterocycles. The second kappa shape index (κ2) is 8.39. The molecule has 0 aromatic carbocycles. The lowest BCUT2D eigenvalue weighted by atomic mass is 10.2. The van der Waals surface area contributed by atoms with E-state index in [0.29, 0.717) is 11.5 Å². The van der Waals surface area contributed by atoms with E-state index in [-0.39, 0.29) is 18.9 Å². The van der Waals surface area contributed by atoms with Crippen molar-refractivity contribution in [2.24, 2.45) is 10.7 Å². The molecule has 0 aliphatic carbocycles. The van der Waals surface area contributed by atoms with Crippen molar-refractivity contribution < 1.29 is 56.3 Å². The number of fused-ring (bicyclic) bond motifs is 1. The second-order valence-corrected chi connectivity index (χ2v) is 10.5. The molecule has 0 saturated carbocycles. The van der Waals surface area contributed by atoms with Gasteiger partial charge in [0.15, 0.2) is 0 Å². The van der Waals surface area contributed by atoms with Gasteiger partial charge in [0.25, 0.3) is 0 Å². The molecule has 0 amide bonds. The smallest absolute Gasteiger partial charge is 0.390 e. The van der Waals surface area contributed by atoms with Crippen LogP contribution in [0.4, 0.5) is 5.82 Å². The van der Waals surface area contributed by atoms with E-state index >= 15 is 0 Å². The number of amidine groups is 1. The number of aliphatic hydroxyl groups excluding tert-OH is 1. The molecule has 1 fully saturated rings. The highest BCUT2D eigenvalue weighted by Crippen LogP contribution is 2.66. The molecule has 1 aromatic rings. The number of hydrogen-bond acceptors (Lipinski definition) is 12. The highest BCUT2D eigenvalue weighted by molar-refractivity contribution is 7.66. The Bertz CT molecular complexity index is 976. The van der Waals surface area contributed by atoms with E-state index in [1.54, 1.807) is 0 Å². The summed E-state index contributed by atoms with van der Waals surface area (Å²) in [6.45, 7) is -0.565. The molecule has 170 valence electrons. The highest BCUT2D eigenvalue weighted by atomic mass is 31.3. The van der Waals surface area contributed by atoms with Crippen molar-refractivity contribution in [1.82, 2.24) is 9.55 Å². The standard InChI is InChI=1S/C10H18N5O12P3/c11-9-8-10(13-3-12-9)15(4-14-8)7-1-5(16)6(25-7)2-24-29(20,21)27-30(22,23)26-28(17,18)19/h4-7,13,16H,1-3H2,(H2,11,12)(H,20,21)(H,22,23)(H2,17,18,19). The van der Waals surface area contributed by atoms with Crippen molar-refractivity contribution >= 4 is 35.1 Å². The number of rotatable bonds is 8. The van der Waals surface area contributed by atoms with Crippen LogP contribution in [0.5, 0.6) is 0 Å². The van der Waals surface area contributed by atoms with Crippen molar-refractivity contribution in [3.8, 4) is 0 Å². The van der Waals surface area contributed by atoms with Gasteiger partial charge in [0.2, 0.25) is 0 Å². The summed E-state index contributed by atoms with van der Waals surface area (Å²) >= 11 is 0. The number of imidazole rings is 1. The molecule has 3 rings (SSSR count). The number of nitrogens with one attached hydrogen (secondary N) is 1. The largest absolute Gasteiger partial charge is 0.490 e. The fourth-order valence-corrected chi connectivity index (χ4v) is 5.75. The maximum absolute atomic E-state index is 11.8. The Hall–Kier alpha value is -1.19. The molecule has 2 aliphatic rings. The molecule has 2 aliphatic heterocycles. The van der Waals surface area contributed by atoms with Crippen LogP contribution in [0.2, 0.25) is 0 Å². The molecule has 0 spiro atoms. The third-order valence-electron chi connectivity index (χ3n) is 3.86. The summed E-state index contributed by atoms with van der Waals surface area (Å²) in [5.41, 5.74) is 6.13. The number of nitrogens with zero attached hydrogens (tertiary/aromatic N) is 3. The van der Waals surface area contributed by atoms with E-state index in [0.717, 1.165) is 0 Å². The molecular weight excluding hydrogens is 475 g/mol. The van der Waals surface area contributed by atoms with Crippen LogP contribution in [0.1, 0.15) is 18.3 Å². The van der Waals surface area contributed by atoms with Crippen molar-refractivity contribution in [3.05, 3.63) is 12.0 Å². The maximum Gasteiger partial charge on any atom is 0.490 e. The Morgan fingerprint density at radius 1 is 1.23 bits per heavy atom. The fourth-order valence-electron chi connectivity index (χ4n) is 2.72. The molecule has 20 heteroatoms. The quantitative estimate of drug-likeness (QED) is 0.213. The molecule has 3 heterocycles. The van der Waals surface area contributed by atoms with Gasteiger partial charge in [-0.25, -0.2) is 23.7 Å². The van der Waals surface area contributed by atoms with Gasteiger partial charge in [-0.2, -0.15) is 8.62 Å². The number of phosphoric ester groups is 1. The fraction of sp³-hybridized carbons (Fsp3) is 0.600. The minimum atomic E-state index is -5.63. The first kappa shape index (κ1) is 23.5. The van der Waals surface area contributed by atoms with Gasteiger partial charge in [0, 0.05) is 6.42 Å². The third kappa shape index (κ3) is 5.73. The number of aromatic nitrogens is 2. The summed E-state index contributed by atoms with van der Waals surface area (Å²) < 4.78 is 52.5. The zero-order valence-corrected chi connectivity index (χ0v) is 17.5. The first-order chi connectivity index (χ1) is 13.8. The lowest BCUT2D eigenvalue weighted by Gasteiger charge is -2.20. The van der Waals surface area contributed by atoms with Gasteiger partial charge in [-0.3, -0.25) is 9.09 Å². The van der Waals surface area contributed by atoms with Crippen LogP contribution >= 0.6 is 23.5 Å². The number of aliphatic hydroxyl groups is 1. The molecule has 8 N–H and O–H groups in total. The summed E-state index contributed by atoms with van der Waals surface area (Å²) in [6.07, 6.45) is -1.66. The molecule has 0 bridgehead atoms. The summed E-state index contributed by atoms with van der Waals surface area (Å²) in [7, 11) is -16.4. The maximum atomic E-state index is 11.8. The Kier molecular flexibility index (Phi) is 6.56. The Morgan fingerprint density at radius 2 is 1.93 bits per heavy atom. The van der Waals surface area contributed by atoms with E-state index in [9.17, 15) is 23.7 Å². The monoisotopic (exact) mass is 493 g/mol. The second-order valence-electron chi connectivity index (χ2n) is 6.05. The van der Waals surface area contributed by atoms with Gasteiger partial charge < -0.3 is 40.5 Å². The minimum Gasteiger partial charge on any atom is -0.390 e. The Balaban J connectivity index is 1.61. The van der Waals surface area contributed by atoms with E-state index < -0.39 is 48.5 Å². The molecule has 5 atom stereocenters. The number of anilines is 1. The predicted octanol–water partition coefficient (Wildman–Crippen LogP) is -1.04. The zero-order valence-electron chi connectivity index (χ0n) is 14.8. The number of nitrogens with two attached hydrogens (primary N) is 1. The summed E-state index contributed by atoms with van der Waals surface area (Å²) in [5, 5.41) is 13.1. The minimum absolute atomic E-state index is 0.0337. The molecule has 30 heavy (non-hydrogen) atoms. The van der Waals surface area contributed by atoms with Gasteiger partial charge in [-0.05, 0) is 0 Å². The van der Waals surface area contributed by atoms with Crippen molar-refractivity contribution in [2.75, 3.05) is 18.6 Å². The van der Waals surface area contributed by atoms with Crippen molar-refractivity contribution in [3.63, 3.8) is 0 Å². The lowest BCUT2D eigenvalue weighted by molar-refractivity contribution is -0.0428. The molecule has 5 unspecified atom stereocenters. The molecular formula is C10H18N5O12P3. The summed E-state index contributed by atoms with van der Waals surface area (Å²) in [4.78, 5) is 43.7. The molecule has 1 saturated heterocycles. The number of ether oxygens (including phenoxy) is 1. The SMILES string of the molecule is NC1=NCNc2c1ncn2C1CC(O)C(COP(=O)(O)OP(=O)(O)OP(=O)(O)O)O1. The van der Waals surface area contributed by atoms with E-state index in [1.807, 2.05) is 0 Å². The average molecular weight is 493 g/mol.